The highest BCUT2D eigenvalue weighted by Crippen LogP contribution is 2.67. The molecule has 0 saturated heterocycles. The molecule has 0 aliphatic heterocycles. The number of hydrogen-bond acceptors (Lipinski definition) is 5. The number of carbonyl (C=O) groups is 2. The zero-order valence-electron chi connectivity index (χ0n) is 43.4. The normalized spacial score (nSPS) is 26.1. The molecular formula is C62H94O5. The van der Waals surface area contributed by atoms with Crippen LogP contribution >= 0.6 is 0 Å². The lowest BCUT2D eigenvalue weighted by Gasteiger charge is -2.58. The van der Waals surface area contributed by atoms with Crippen LogP contribution in [0, 0.1) is 46.3 Å². The van der Waals surface area contributed by atoms with Crippen molar-refractivity contribution in [3.63, 3.8) is 0 Å². The van der Waals surface area contributed by atoms with Gasteiger partial charge in [0.25, 0.3) is 0 Å². The van der Waals surface area contributed by atoms with Crippen LogP contribution in [0.15, 0.2) is 66.3 Å². The topological polar surface area (TPSA) is 61.8 Å². The fourth-order valence-corrected chi connectivity index (χ4v) is 13.6. The summed E-state index contributed by atoms with van der Waals surface area (Å²) in [6.45, 7) is 16.2. The molecule has 0 bridgehead atoms. The van der Waals surface area contributed by atoms with Gasteiger partial charge in [-0.2, -0.15) is 0 Å². The standard InChI is InChI=1S/C62H94O5/c1-7-8-9-10-11-12-13-14-17-20-43-65-52-33-29-49(30-34-52)31-38-59(63)50-26-23-27-53(45-50)66-44-21-18-15-16-19-28-60(64)67-54-39-41-61(5)51(46-54)32-35-55-57-37-36-56(48(4)25-22-24-47(2)3)62(57,6)42-40-58(55)61/h23,26-27,29-34,38,45,47-48,54-58H,7-22,24-25,28,35-37,39-44,46H2,1-6H3/b38-31+/t48-,54+,55+,56-,57+,58+,61+,62-/m1/s1. The molecule has 0 radical (unpaired) electrons. The van der Waals surface area contributed by atoms with Gasteiger partial charge >= 0.3 is 5.97 Å². The van der Waals surface area contributed by atoms with Crippen molar-refractivity contribution in [3.05, 3.63) is 77.4 Å². The smallest absolute Gasteiger partial charge is 0.306 e. The second-order valence-electron chi connectivity index (χ2n) is 22.8. The van der Waals surface area contributed by atoms with Gasteiger partial charge in [-0.25, -0.2) is 0 Å². The zero-order valence-corrected chi connectivity index (χ0v) is 43.4. The highest BCUT2D eigenvalue weighted by molar-refractivity contribution is 6.07. The molecule has 67 heavy (non-hydrogen) atoms. The molecule has 0 amide bonds. The molecule has 4 aliphatic rings. The second-order valence-corrected chi connectivity index (χ2v) is 22.8. The van der Waals surface area contributed by atoms with E-state index in [1.54, 1.807) is 11.6 Å². The van der Waals surface area contributed by atoms with Gasteiger partial charge in [0.2, 0.25) is 0 Å². The third-order valence-electron chi connectivity index (χ3n) is 17.5. The van der Waals surface area contributed by atoms with E-state index in [1.165, 1.54) is 116 Å². The van der Waals surface area contributed by atoms with Gasteiger partial charge in [0.15, 0.2) is 5.78 Å². The first-order valence-electron chi connectivity index (χ1n) is 28.1. The molecule has 6 rings (SSSR count). The summed E-state index contributed by atoms with van der Waals surface area (Å²) >= 11 is 0. The Morgan fingerprint density at radius 1 is 0.701 bits per heavy atom. The van der Waals surface area contributed by atoms with Gasteiger partial charge < -0.3 is 14.2 Å². The second kappa shape index (κ2) is 27.2. The minimum absolute atomic E-state index is 0.0130. The van der Waals surface area contributed by atoms with Crippen molar-refractivity contribution in [2.75, 3.05) is 13.2 Å². The number of ketones is 1. The molecule has 0 spiro atoms. The van der Waals surface area contributed by atoms with E-state index in [9.17, 15) is 9.59 Å². The van der Waals surface area contributed by atoms with Crippen molar-refractivity contribution >= 4 is 17.8 Å². The Morgan fingerprint density at radius 2 is 1.37 bits per heavy atom. The Labute approximate surface area is 409 Å². The molecule has 0 unspecified atom stereocenters. The molecule has 0 aromatic heterocycles. The lowest BCUT2D eigenvalue weighted by Crippen LogP contribution is -2.51. The van der Waals surface area contributed by atoms with Crippen LogP contribution in [-0.2, 0) is 9.53 Å². The van der Waals surface area contributed by atoms with E-state index < -0.39 is 0 Å². The first kappa shape index (κ1) is 53.0. The Balaban J connectivity index is 0.807. The van der Waals surface area contributed by atoms with Crippen LogP contribution in [0.5, 0.6) is 11.5 Å². The summed E-state index contributed by atoms with van der Waals surface area (Å²) in [5.74, 6) is 6.62. The monoisotopic (exact) mass is 919 g/mol. The molecule has 372 valence electrons. The summed E-state index contributed by atoms with van der Waals surface area (Å²) in [6, 6.07) is 15.4. The van der Waals surface area contributed by atoms with Crippen LogP contribution < -0.4 is 9.47 Å². The predicted octanol–water partition coefficient (Wildman–Crippen LogP) is 17.6. The summed E-state index contributed by atoms with van der Waals surface area (Å²) in [5, 5.41) is 0. The van der Waals surface area contributed by atoms with Crippen molar-refractivity contribution in [1.82, 2.24) is 0 Å². The molecule has 0 heterocycles. The van der Waals surface area contributed by atoms with Crippen molar-refractivity contribution in [2.45, 2.75) is 221 Å². The Kier molecular flexibility index (Phi) is 21.5. The summed E-state index contributed by atoms with van der Waals surface area (Å²) in [7, 11) is 0. The summed E-state index contributed by atoms with van der Waals surface area (Å²) in [5.41, 5.74) is 4.00. The van der Waals surface area contributed by atoms with Crippen LogP contribution in [-0.4, -0.2) is 31.1 Å². The molecule has 3 fully saturated rings. The van der Waals surface area contributed by atoms with E-state index in [2.05, 4.69) is 47.6 Å². The summed E-state index contributed by atoms with van der Waals surface area (Å²) in [4.78, 5) is 26.0. The number of ether oxygens (including phenoxy) is 3. The van der Waals surface area contributed by atoms with Gasteiger partial charge in [0, 0.05) is 18.4 Å². The zero-order chi connectivity index (χ0) is 47.5. The maximum atomic E-state index is 13.0. The van der Waals surface area contributed by atoms with Crippen LogP contribution in [0.4, 0.5) is 0 Å². The number of allylic oxidation sites excluding steroid dienone is 2. The Morgan fingerprint density at radius 3 is 2.07 bits per heavy atom. The minimum Gasteiger partial charge on any atom is -0.494 e. The number of benzene rings is 2. The molecule has 5 heteroatoms. The van der Waals surface area contributed by atoms with Gasteiger partial charge in [0.1, 0.15) is 17.6 Å². The number of hydrogen-bond donors (Lipinski definition) is 0. The molecule has 3 saturated carbocycles. The highest BCUT2D eigenvalue weighted by atomic mass is 16.5. The fourth-order valence-electron chi connectivity index (χ4n) is 13.6. The largest absolute Gasteiger partial charge is 0.494 e. The number of unbranched alkanes of at least 4 members (excludes halogenated alkanes) is 13. The van der Waals surface area contributed by atoms with E-state index in [0.717, 1.165) is 111 Å². The van der Waals surface area contributed by atoms with Gasteiger partial charge in [-0.05, 0) is 146 Å². The first-order chi connectivity index (χ1) is 32.5. The Bertz CT molecular complexity index is 1840. The molecule has 0 N–H and O–H groups in total. The number of esters is 1. The summed E-state index contributed by atoms with van der Waals surface area (Å²) < 4.78 is 18.2. The lowest BCUT2D eigenvalue weighted by atomic mass is 9.47. The fraction of sp³-hybridized carbons (Fsp3) is 0.710. The van der Waals surface area contributed by atoms with Gasteiger partial charge in [-0.1, -0.05) is 180 Å². The van der Waals surface area contributed by atoms with Crippen molar-refractivity contribution in [1.29, 1.82) is 0 Å². The van der Waals surface area contributed by atoms with Gasteiger partial charge in [-0.15, -0.1) is 0 Å². The minimum atomic E-state index is -0.0435. The van der Waals surface area contributed by atoms with E-state index in [4.69, 9.17) is 14.2 Å². The van der Waals surface area contributed by atoms with E-state index in [-0.39, 0.29) is 23.3 Å². The van der Waals surface area contributed by atoms with Crippen LogP contribution in [0.25, 0.3) is 6.08 Å². The third-order valence-corrected chi connectivity index (χ3v) is 17.5. The lowest BCUT2D eigenvalue weighted by molar-refractivity contribution is -0.151. The highest BCUT2D eigenvalue weighted by Gasteiger charge is 2.59. The molecule has 2 aromatic carbocycles. The van der Waals surface area contributed by atoms with Crippen LogP contribution in [0.2, 0.25) is 0 Å². The SMILES string of the molecule is CCCCCCCCCCCCOc1ccc(/C=C/C(=O)c2cccc(OCCCCCCCC(=O)O[C@H]3CC[C@@]4(C)C(=CC[C@H]5[C@@H]6CC[C@H]([C@H](C)CCCC(C)C)[C@@]6(C)CC[C@@H]54)C3)c2)cc1. The number of fused-ring (bicyclic) bond motifs is 5. The van der Waals surface area contributed by atoms with Crippen molar-refractivity contribution < 1.29 is 23.8 Å². The first-order valence-corrected chi connectivity index (χ1v) is 28.1. The molecule has 8 atom stereocenters. The maximum Gasteiger partial charge on any atom is 0.306 e. The maximum absolute atomic E-state index is 13.0. The van der Waals surface area contributed by atoms with Crippen molar-refractivity contribution in [2.24, 2.45) is 46.3 Å². The van der Waals surface area contributed by atoms with Crippen molar-refractivity contribution in [3.8, 4) is 11.5 Å². The summed E-state index contributed by atoms with van der Waals surface area (Å²) in [6.07, 6.45) is 39.0. The molecule has 2 aromatic rings. The number of carbonyl (C=O) groups excluding carboxylic acids is 2. The average molecular weight is 919 g/mol. The van der Waals surface area contributed by atoms with Gasteiger partial charge in [-0.3, -0.25) is 9.59 Å². The average Bonchev–Trinajstić information content (AvgIpc) is 3.68. The Hall–Kier alpha value is -3.34. The van der Waals surface area contributed by atoms with E-state index in [0.29, 0.717) is 24.0 Å². The van der Waals surface area contributed by atoms with Crippen LogP contribution in [0.1, 0.15) is 231 Å². The molecule has 4 aliphatic carbocycles. The van der Waals surface area contributed by atoms with E-state index in [1.807, 2.05) is 54.6 Å². The van der Waals surface area contributed by atoms with Gasteiger partial charge in [0.05, 0.1) is 13.2 Å². The quantitative estimate of drug-likeness (QED) is 0.0257. The van der Waals surface area contributed by atoms with E-state index >= 15 is 0 Å². The molecular weight excluding hydrogens is 825 g/mol. The van der Waals surface area contributed by atoms with Crippen LogP contribution in [0.3, 0.4) is 0 Å². The number of rotatable bonds is 30. The molecule has 5 nitrogen and oxygen atoms in total. The predicted molar refractivity (Wildman–Crippen MR) is 280 cm³/mol. The third kappa shape index (κ3) is 15.6.